The average Bonchev–Trinajstić information content (AvgIpc) is 2.47. The fraction of sp³-hybridized carbons (Fsp3) is 0.524. The molecular formula is C21H32. The van der Waals surface area contributed by atoms with Crippen LogP contribution in [-0.2, 0) is 0 Å². The molecule has 2 unspecified atom stereocenters. The smallest absolute Gasteiger partial charge is 0.00887 e. The summed E-state index contributed by atoms with van der Waals surface area (Å²) < 4.78 is 0. The molecule has 0 aliphatic heterocycles. The highest BCUT2D eigenvalue weighted by atomic mass is 14.3. The molecule has 0 amide bonds. The lowest BCUT2D eigenvalue weighted by atomic mass is 9.73. The van der Waals surface area contributed by atoms with Gasteiger partial charge in [0.1, 0.15) is 0 Å². The Bertz CT molecular complexity index is 531. The topological polar surface area (TPSA) is 0 Å². The maximum absolute atomic E-state index is 4.22. The molecule has 0 saturated heterocycles. The van der Waals surface area contributed by atoms with E-state index in [1.807, 2.05) is 13.8 Å². The van der Waals surface area contributed by atoms with E-state index >= 15 is 0 Å². The molecule has 1 aromatic rings. The van der Waals surface area contributed by atoms with E-state index in [1.165, 1.54) is 46.2 Å². The molecule has 0 saturated carbocycles. The highest BCUT2D eigenvalue weighted by molar-refractivity contribution is 5.48. The minimum Gasteiger partial charge on any atom is -0.0998 e. The Labute approximate surface area is 132 Å². The van der Waals surface area contributed by atoms with Crippen LogP contribution < -0.4 is 0 Å². The largest absolute Gasteiger partial charge is 0.0998 e. The summed E-state index contributed by atoms with van der Waals surface area (Å²) in [5, 5.41) is 0. The molecule has 0 spiro atoms. The highest BCUT2D eigenvalue weighted by Crippen LogP contribution is 2.41. The van der Waals surface area contributed by atoms with E-state index in [2.05, 4.69) is 59.4 Å². The molecule has 116 valence electrons. The first-order valence-electron chi connectivity index (χ1n) is 8.32. The summed E-state index contributed by atoms with van der Waals surface area (Å²) in [6, 6.07) is 2.34. The molecule has 0 aromatic heterocycles. The van der Waals surface area contributed by atoms with Gasteiger partial charge in [-0.2, -0.15) is 0 Å². The minimum absolute atomic E-state index is 0.519. The van der Waals surface area contributed by atoms with Crippen LogP contribution in [-0.4, -0.2) is 0 Å². The fourth-order valence-electron chi connectivity index (χ4n) is 3.50. The lowest BCUT2D eigenvalue weighted by Crippen LogP contribution is -2.18. The van der Waals surface area contributed by atoms with Crippen molar-refractivity contribution in [3.05, 3.63) is 58.2 Å². The molecule has 0 heterocycles. The molecule has 0 nitrogen and oxygen atoms in total. The quantitative estimate of drug-likeness (QED) is 0.539. The van der Waals surface area contributed by atoms with E-state index in [0.717, 1.165) is 0 Å². The predicted octanol–water partition coefficient (Wildman–Crippen LogP) is 6.57. The van der Waals surface area contributed by atoms with Gasteiger partial charge in [0.05, 0.1) is 0 Å². The summed E-state index contributed by atoms with van der Waals surface area (Å²) in [6.07, 6.45) is 7.18. The standard InChI is InChI=1S/C19H26.C2H6/c1-12(2)17-9-7-8-10-18(17)19-14(4)11-13(3)15(5)16(19)6;1-2/h8,10-11,17-18H,1,7,9H2,2-6H3;1-2H3. The van der Waals surface area contributed by atoms with Crippen LogP contribution in [0.4, 0.5) is 0 Å². The first-order valence-corrected chi connectivity index (χ1v) is 8.32. The van der Waals surface area contributed by atoms with Crippen LogP contribution in [0.2, 0.25) is 0 Å². The third kappa shape index (κ3) is 3.67. The van der Waals surface area contributed by atoms with Crippen molar-refractivity contribution in [2.45, 2.75) is 67.2 Å². The number of hydrogen-bond acceptors (Lipinski definition) is 0. The van der Waals surface area contributed by atoms with E-state index < -0.39 is 0 Å². The molecule has 1 aromatic carbocycles. The van der Waals surface area contributed by atoms with Crippen LogP contribution in [0.3, 0.4) is 0 Å². The Balaban J connectivity index is 0.00000106. The van der Waals surface area contributed by atoms with Crippen LogP contribution in [0.15, 0.2) is 30.4 Å². The Morgan fingerprint density at radius 1 is 1.05 bits per heavy atom. The van der Waals surface area contributed by atoms with Gasteiger partial charge in [0.25, 0.3) is 0 Å². The Morgan fingerprint density at radius 2 is 1.67 bits per heavy atom. The molecule has 0 N–H and O–H groups in total. The van der Waals surface area contributed by atoms with E-state index in [-0.39, 0.29) is 0 Å². The lowest BCUT2D eigenvalue weighted by Gasteiger charge is -2.31. The highest BCUT2D eigenvalue weighted by Gasteiger charge is 2.26. The van der Waals surface area contributed by atoms with Crippen molar-refractivity contribution in [3.63, 3.8) is 0 Å². The minimum atomic E-state index is 0.519. The molecule has 0 bridgehead atoms. The number of rotatable bonds is 2. The van der Waals surface area contributed by atoms with Gasteiger partial charge in [-0.25, -0.2) is 0 Å². The molecule has 1 aliphatic rings. The van der Waals surface area contributed by atoms with Gasteiger partial charge < -0.3 is 0 Å². The van der Waals surface area contributed by atoms with Gasteiger partial charge in [0, 0.05) is 5.92 Å². The SMILES string of the molecule is C=C(C)C1CCC=CC1c1c(C)cc(C)c(C)c1C.CC. The van der Waals surface area contributed by atoms with Gasteiger partial charge >= 0.3 is 0 Å². The second-order valence-corrected chi connectivity index (χ2v) is 6.16. The van der Waals surface area contributed by atoms with Crippen LogP contribution >= 0.6 is 0 Å². The van der Waals surface area contributed by atoms with Gasteiger partial charge in [0.15, 0.2) is 0 Å². The van der Waals surface area contributed by atoms with Crippen LogP contribution in [0.5, 0.6) is 0 Å². The van der Waals surface area contributed by atoms with Crippen molar-refractivity contribution in [2.75, 3.05) is 0 Å². The lowest BCUT2D eigenvalue weighted by molar-refractivity contribution is 0.492. The van der Waals surface area contributed by atoms with E-state index in [9.17, 15) is 0 Å². The molecule has 1 aliphatic carbocycles. The zero-order valence-electron chi connectivity index (χ0n) is 15.0. The van der Waals surface area contributed by atoms with Gasteiger partial charge in [-0.15, -0.1) is 0 Å². The van der Waals surface area contributed by atoms with E-state index in [4.69, 9.17) is 0 Å². The predicted molar refractivity (Wildman–Crippen MR) is 96.2 cm³/mol. The molecule has 0 heteroatoms. The average molecular weight is 284 g/mol. The Morgan fingerprint density at radius 3 is 2.24 bits per heavy atom. The van der Waals surface area contributed by atoms with Crippen molar-refractivity contribution in [1.29, 1.82) is 0 Å². The fourth-order valence-corrected chi connectivity index (χ4v) is 3.50. The summed E-state index contributed by atoms with van der Waals surface area (Å²) in [5.41, 5.74) is 8.62. The van der Waals surface area contributed by atoms with Crippen molar-refractivity contribution in [3.8, 4) is 0 Å². The maximum atomic E-state index is 4.22. The molecule has 2 atom stereocenters. The van der Waals surface area contributed by atoms with Crippen molar-refractivity contribution >= 4 is 0 Å². The van der Waals surface area contributed by atoms with Gasteiger partial charge in [0.2, 0.25) is 0 Å². The second kappa shape index (κ2) is 7.64. The third-order valence-corrected chi connectivity index (χ3v) is 4.80. The summed E-state index contributed by atoms with van der Waals surface area (Å²) >= 11 is 0. The third-order valence-electron chi connectivity index (χ3n) is 4.80. The van der Waals surface area contributed by atoms with Crippen molar-refractivity contribution < 1.29 is 0 Å². The summed E-state index contributed by atoms with van der Waals surface area (Å²) in [7, 11) is 0. The van der Waals surface area contributed by atoms with Crippen molar-refractivity contribution in [2.24, 2.45) is 5.92 Å². The van der Waals surface area contributed by atoms with Gasteiger partial charge in [-0.3, -0.25) is 0 Å². The zero-order chi connectivity index (χ0) is 16.2. The van der Waals surface area contributed by atoms with E-state index in [1.54, 1.807) is 0 Å². The first-order chi connectivity index (χ1) is 9.93. The van der Waals surface area contributed by atoms with Gasteiger partial charge in [-0.05, 0) is 81.2 Å². The molecule has 0 radical (unpaired) electrons. The molecular weight excluding hydrogens is 252 g/mol. The summed E-state index contributed by atoms with van der Waals surface area (Å²) in [5.74, 6) is 1.12. The Kier molecular flexibility index (Phi) is 6.45. The zero-order valence-corrected chi connectivity index (χ0v) is 15.0. The summed E-state index contributed by atoms with van der Waals surface area (Å²) in [6.45, 7) is 19.4. The first kappa shape index (κ1) is 17.8. The molecule has 21 heavy (non-hydrogen) atoms. The normalized spacial score (nSPS) is 20.7. The number of aryl methyl sites for hydroxylation is 2. The van der Waals surface area contributed by atoms with Crippen molar-refractivity contribution in [1.82, 2.24) is 0 Å². The summed E-state index contributed by atoms with van der Waals surface area (Å²) in [4.78, 5) is 0. The van der Waals surface area contributed by atoms with Crippen LogP contribution in [0, 0.1) is 33.6 Å². The van der Waals surface area contributed by atoms with Crippen LogP contribution in [0.25, 0.3) is 0 Å². The Hall–Kier alpha value is -1.30. The monoisotopic (exact) mass is 284 g/mol. The van der Waals surface area contributed by atoms with Gasteiger partial charge in [-0.1, -0.05) is 44.2 Å². The molecule has 0 fully saturated rings. The maximum Gasteiger partial charge on any atom is 0.00887 e. The molecule has 2 rings (SSSR count). The van der Waals surface area contributed by atoms with Crippen LogP contribution in [0.1, 0.15) is 67.3 Å². The number of benzene rings is 1. The second-order valence-electron chi connectivity index (χ2n) is 6.16. The number of hydrogen-bond donors (Lipinski definition) is 0. The van der Waals surface area contributed by atoms with E-state index in [0.29, 0.717) is 11.8 Å². The number of allylic oxidation sites excluding steroid dienone is 3.